The highest BCUT2D eigenvalue weighted by molar-refractivity contribution is 9.10. The first-order valence-corrected chi connectivity index (χ1v) is 14.4. The number of para-hydroxylation sites is 3. The molecule has 0 radical (unpaired) electrons. The third kappa shape index (κ3) is 4.57. The number of nitrogens with one attached hydrogen (secondary N) is 2. The summed E-state index contributed by atoms with van der Waals surface area (Å²) in [6.07, 6.45) is 0. The number of anilines is 3. The molecule has 4 aromatic carbocycles. The van der Waals surface area contributed by atoms with Gasteiger partial charge >= 0.3 is 0 Å². The minimum absolute atomic E-state index is 0.115. The number of hydrogen-bond donors (Lipinski definition) is 2. The van der Waals surface area contributed by atoms with Gasteiger partial charge in [0.1, 0.15) is 0 Å². The van der Waals surface area contributed by atoms with Gasteiger partial charge in [-0.2, -0.15) is 5.10 Å². The van der Waals surface area contributed by atoms with Crippen LogP contribution in [0.5, 0.6) is 0 Å². The van der Waals surface area contributed by atoms with Crippen molar-refractivity contribution in [3.63, 3.8) is 0 Å². The van der Waals surface area contributed by atoms with Gasteiger partial charge in [-0.15, -0.1) is 0 Å². The van der Waals surface area contributed by atoms with Crippen molar-refractivity contribution in [3.8, 4) is 5.69 Å². The first-order valence-electron chi connectivity index (χ1n) is 13.6. The van der Waals surface area contributed by atoms with E-state index >= 15 is 0 Å². The van der Waals surface area contributed by atoms with Crippen LogP contribution in [0.1, 0.15) is 29.8 Å². The van der Waals surface area contributed by atoms with Gasteiger partial charge in [-0.3, -0.25) is 4.79 Å². The second-order valence-electron chi connectivity index (χ2n) is 10.2. The molecule has 5 aromatic rings. The fourth-order valence-corrected chi connectivity index (χ4v) is 5.93. The van der Waals surface area contributed by atoms with Crippen molar-refractivity contribution in [1.29, 1.82) is 0 Å². The summed E-state index contributed by atoms with van der Waals surface area (Å²) in [5.41, 5.74) is 7.33. The number of aryl methyl sites for hydroxylation is 1. The lowest BCUT2D eigenvalue weighted by atomic mass is 9.93. The van der Waals surface area contributed by atoms with Gasteiger partial charge in [0.05, 0.1) is 28.8 Å². The molecule has 1 atom stereocenters. The molecule has 0 aliphatic carbocycles. The predicted molar refractivity (Wildman–Crippen MR) is 172 cm³/mol. The molecule has 2 aliphatic rings. The molecule has 0 saturated heterocycles. The average Bonchev–Trinajstić information content (AvgIpc) is 3.33. The monoisotopic (exact) mass is 615 g/mol. The maximum absolute atomic E-state index is 11.5. The van der Waals surface area contributed by atoms with Crippen LogP contribution in [0.3, 0.4) is 0 Å². The Morgan fingerprint density at radius 1 is 0.857 bits per heavy atom. The van der Waals surface area contributed by atoms with Crippen LogP contribution in [0, 0.1) is 6.92 Å². The van der Waals surface area contributed by atoms with Crippen LogP contribution >= 0.6 is 15.9 Å². The predicted octanol–water partition coefficient (Wildman–Crippen LogP) is 7.70. The molecule has 206 valence electrons. The zero-order valence-electron chi connectivity index (χ0n) is 22.9. The second-order valence-corrected chi connectivity index (χ2v) is 11.1. The second kappa shape index (κ2) is 10.4. The molecule has 0 saturated carbocycles. The highest BCUT2D eigenvalue weighted by Crippen LogP contribution is 2.48. The number of carbonyl (C=O) groups excluding carboxylic acids is 1. The van der Waals surface area contributed by atoms with Crippen molar-refractivity contribution in [3.05, 3.63) is 124 Å². The van der Waals surface area contributed by atoms with E-state index in [9.17, 15) is 4.79 Å². The zero-order chi connectivity index (χ0) is 28.8. The van der Waals surface area contributed by atoms with Crippen molar-refractivity contribution in [2.75, 3.05) is 15.5 Å². The number of benzene rings is 4. The first kappa shape index (κ1) is 25.9. The van der Waals surface area contributed by atoms with Crippen LogP contribution in [0.2, 0.25) is 0 Å². The lowest BCUT2D eigenvalue weighted by Crippen LogP contribution is -2.46. The number of fused-ring (bicyclic) bond motifs is 4. The van der Waals surface area contributed by atoms with Crippen LogP contribution in [0.25, 0.3) is 5.69 Å². The maximum Gasteiger partial charge on any atom is 0.221 e. The summed E-state index contributed by atoms with van der Waals surface area (Å²) < 4.78 is 2.91. The number of aliphatic imine (C=N–C) groups is 2. The Bertz CT molecular complexity index is 1890. The molecule has 2 N–H and O–H groups in total. The van der Waals surface area contributed by atoms with Crippen molar-refractivity contribution < 1.29 is 4.79 Å². The van der Waals surface area contributed by atoms with Crippen LogP contribution in [0.4, 0.5) is 28.6 Å². The summed E-state index contributed by atoms with van der Waals surface area (Å²) in [6, 6.07) is 33.9. The van der Waals surface area contributed by atoms with E-state index in [1.807, 2.05) is 90.5 Å². The summed E-state index contributed by atoms with van der Waals surface area (Å²) in [7, 11) is 0. The Morgan fingerprint density at radius 2 is 1.60 bits per heavy atom. The Hall–Kier alpha value is -5.02. The van der Waals surface area contributed by atoms with Crippen LogP contribution in [-0.4, -0.2) is 27.4 Å². The SMILES string of the molecule is CC(=O)Nc1ccc(NC2=Nc3ccccc3N3C2=Nc2c(c(C)nn2-c2ccccc2)[C@H]3c2cccc(Br)c2)cc1. The molecule has 8 nitrogen and oxygen atoms in total. The van der Waals surface area contributed by atoms with Gasteiger partial charge < -0.3 is 15.5 Å². The molecule has 7 rings (SSSR count). The normalized spacial score (nSPS) is 15.1. The van der Waals surface area contributed by atoms with Gasteiger partial charge in [0.25, 0.3) is 0 Å². The summed E-state index contributed by atoms with van der Waals surface area (Å²) in [5.74, 6) is 1.96. The van der Waals surface area contributed by atoms with E-state index in [1.54, 1.807) is 0 Å². The molecule has 1 aromatic heterocycles. The third-order valence-electron chi connectivity index (χ3n) is 7.27. The van der Waals surface area contributed by atoms with Gasteiger partial charge in [0, 0.05) is 28.3 Å². The third-order valence-corrected chi connectivity index (χ3v) is 7.76. The lowest BCUT2D eigenvalue weighted by molar-refractivity contribution is -0.114. The zero-order valence-corrected chi connectivity index (χ0v) is 24.5. The van der Waals surface area contributed by atoms with E-state index in [2.05, 4.69) is 55.7 Å². The van der Waals surface area contributed by atoms with Gasteiger partial charge in [-0.1, -0.05) is 58.4 Å². The van der Waals surface area contributed by atoms with Crippen molar-refractivity contribution >= 4 is 62.1 Å². The molecule has 9 heteroatoms. The van der Waals surface area contributed by atoms with Gasteiger partial charge in [-0.05, 0) is 73.2 Å². The summed E-state index contributed by atoms with van der Waals surface area (Å²) in [4.78, 5) is 24.1. The molecule has 1 amide bonds. The summed E-state index contributed by atoms with van der Waals surface area (Å²) in [6.45, 7) is 3.54. The van der Waals surface area contributed by atoms with Crippen LogP contribution < -0.4 is 15.5 Å². The number of amidine groups is 2. The van der Waals surface area contributed by atoms with E-state index in [4.69, 9.17) is 15.1 Å². The number of halogens is 1. The fourth-order valence-electron chi connectivity index (χ4n) is 5.52. The Morgan fingerprint density at radius 3 is 2.36 bits per heavy atom. The largest absolute Gasteiger partial charge is 0.337 e. The lowest BCUT2D eigenvalue weighted by Gasteiger charge is -2.40. The Labute approximate surface area is 251 Å². The number of rotatable bonds is 4. The fraction of sp³-hybridized carbons (Fsp3) is 0.0909. The quantitative estimate of drug-likeness (QED) is 0.217. The molecular weight excluding hydrogens is 590 g/mol. The molecule has 0 unspecified atom stereocenters. The summed E-state index contributed by atoms with van der Waals surface area (Å²) >= 11 is 3.69. The van der Waals surface area contributed by atoms with E-state index < -0.39 is 0 Å². The van der Waals surface area contributed by atoms with E-state index in [0.29, 0.717) is 11.7 Å². The topological polar surface area (TPSA) is 86.9 Å². The standard InChI is InChI=1S/C33H26BrN7O/c1-20-29-30(22-9-8-10-23(34)19-22)40-28-14-7-6-13-27(28)37-31(36-25-17-15-24(16-18-25)35-21(2)42)33(40)38-32(29)41(39-20)26-11-4-3-5-12-26/h3-19,30H,1-2H3,(H,35,42)(H,36,37)/t30-/m1/s1. The Balaban J connectivity index is 1.43. The number of hydrogen-bond acceptors (Lipinski definition) is 6. The highest BCUT2D eigenvalue weighted by Gasteiger charge is 2.41. The molecule has 0 bridgehead atoms. The highest BCUT2D eigenvalue weighted by atomic mass is 79.9. The number of nitrogens with zero attached hydrogens (tertiary/aromatic N) is 5. The maximum atomic E-state index is 11.5. The van der Waals surface area contributed by atoms with Gasteiger partial charge in [0.15, 0.2) is 17.5 Å². The average molecular weight is 617 g/mol. The minimum atomic E-state index is -0.210. The Kier molecular flexibility index (Phi) is 6.43. The van der Waals surface area contributed by atoms with Gasteiger partial charge in [0.2, 0.25) is 5.91 Å². The molecule has 3 heterocycles. The van der Waals surface area contributed by atoms with E-state index in [1.165, 1.54) is 6.92 Å². The molecule has 0 fully saturated rings. The van der Waals surface area contributed by atoms with Crippen molar-refractivity contribution in [1.82, 2.24) is 9.78 Å². The van der Waals surface area contributed by atoms with Crippen LogP contribution in [0.15, 0.2) is 118 Å². The molecular formula is C33H26BrN7O. The van der Waals surface area contributed by atoms with Crippen molar-refractivity contribution in [2.45, 2.75) is 19.9 Å². The molecule has 2 aliphatic heterocycles. The van der Waals surface area contributed by atoms with Gasteiger partial charge in [-0.25, -0.2) is 14.7 Å². The summed E-state index contributed by atoms with van der Waals surface area (Å²) in [5, 5.41) is 11.3. The number of amides is 1. The van der Waals surface area contributed by atoms with E-state index in [0.717, 1.165) is 55.5 Å². The molecule has 0 spiro atoms. The smallest absolute Gasteiger partial charge is 0.221 e. The van der Waals surface area contributed by atoms with E-state index in [-0.39, 0.29) is 11.9 Å². The molecule has 42 heavy (non-hydrogen) atoms. The number of carbonyl (C=O) groups is 1. The number of aromatic nitrogens is 2. The van der Waals surface area contributed by atoms with Crippen molar-refractivity contribution in [2.24, 2.45) is 9.98 Å². The van der Waals surface area contributed by atoms with Crippen LogP contribution in [-0.2, 0) is 4.79 Å². The minimum Gasteiger partial charge on any atom is -0.337 e. The first-order chi connectivity index (χ1) is 20.5.